The van der Waals surface area contributed by atoms with E-state index in [9.17, 15) is 9.90 Å². The molecule has 6 nitrogen and oxygen atoms in total. The first-order valence-corrected chi connectivity index (χ1v) is 14.4. The van der Waals surface area contributed by atoms with Crippen molar-refractivity contribution >= 4 is 14.1 Å². The molecular weight excluding hydrogens is 424 g/mol. The third-order valence-corrected chi connectivity index (χ3v) is 10.9. The summed E-state index contributed by atoms with van der Waals surface area (Å²) in [7, 11) is -2.24. The molecule has 7 heteroatoms. The molecule has 32 heavy (non-hydrogen) atoms. The summed E-state index contributed by atoms with van der Waals surface area (Å²) in [6.07, 6.45) is -3.38. The number of rotatable bonds is 9. The van der Waals surface area contributed by atoms with Crippen molar-refractivity contribution < 1.29 is 28.5 Å². The fraction of sp³-hybridized carbons (Fsp3) is 0.720. The van der Waals surface area contributed by atoms with Crippen LogP contribution in [0.5, 0.6) is 0 Å². The minimum atomic E-state index is -2.24. The number of carbonyl (C=O) groups excluding carboxylic acids is 1. The third kappa shape index (κ3) is 6.95. The molecule has 1 aliphatic heterocycles. The first-order valence-electron chi connectivity index (χ1n) is 11.5. The van der Waals surface area contributed by atoms with Gasteiger partial charge in [-0.1, -0.05) is 65.0 Å². The topological polar surface area (TPSA) is 74.2 Å². The normalized spacial score (nSPS) is 23.9. The number of benzene rings is 1. The maximum Gasteiger partial charge on any atom is 0.195 e. The van der Waals surface area contributed by atoms with Gasteiger partial charge in [-0.3, -0.25) is 4.79 Å². The lowest BCUT2D eigenvalue weighted by atomic mass is 9.93. The standard InChI is InChI=1S/C25H42O6Si/c1-17(2)20(26)23-21(27)22(29-25(6,7)30-23)19(31-32(8,9)24(3,4)5)16-28-15-18-13-11-10-12-14-18/h10-14,17,19-20,22-23,26H,15-16H2,1-9H3/t19-,20-,22-,23-/m1/s1. The van der Waals surface area contributed by atoms with E-state index in [1.54, 1.807) is 13.8 Å². The van der Waals surface area contributed by atoms with E-state index in [-0.39, 0.29) is 23.3 Å². The van der Waals surface area contributed by atoms with Gasteiger partial charge in [0.2, 0.25) is 0 Å². The van der Waals surface area contributed by atoms with Gasteiger partial charge in [-0.2, -0.15) is 0 Å². The highest BCUT2D eigenvalue weighted by Gasteiger charge is 2.51. The maximum absolute atomic E-state index is 13.4. The van der Waals surface area contributed by atoms with E-state index in [2.05, 4.69) is 33.9 Å². The van der Waals surface area contributed by atoms with Crippen LogP contribution in [0.2, 0.25) is 18.1 Å². The van der Waals surface area contributed by atoms with Gasteiger partial charge >= 0.3 is 0 Å². The van der Waals surface area contributed by atoms with Gasteiger partial charge in [0.25, 0.3) is 0 Å². The quantitative estimate of drug-likeness (QED) is 0.532. The lowest BCUT2D eigenvalue weighted by Gasteiger charge is -2.46. The Labute approximate surface area is 194 Å². The number of carbonyl (C=O) groups is 1. The zero-order valence-corrected chi connectivity index (χ0v) is 22.2. The van der Waals surface area contributed by atoms with Gasteiger partial charge < -0.3 is 23.7 Å². The summed E-state index contributed by atoms with van der Waals surface area (Å²) in [6.45, 7) is 18.6. The van der Waals surface area contributed by atoms with E-state index in [1.807, 2.05) is 44.2 Å². The highest BCUT2D eigenvalue weighted by Crippen LogP contribution is 2.39. The minimum absolute atomic E-state index is 0.0503. The van der Waals surface area contributed by atoms with Gasteiger partial charge in [0, 0.05) is 0 Å². The molecule has 1 saturated heterocycles. The van der Waals surface area contributed by atoms with E-state index in [0.29, 0.717) is 6.61 Å². The zero-order chi connectivity index (χ0) is 24.3. The van der Waals surface area contributed by atoms with Crippen molar-refractivity contribution in [1.82, 2.24) is 0 Å². The van der Waals surface area contributed by atoms with Gasteiger partial charge in [-0.25, -0.2) is 0 Å². The highest BCUT2D eigenvalue weighted by molar-refractivity contribution is 6.74. The second kappa shape index (κ2) is 10.4. The van der Waals surface area contributed by atoms with Crippen molar-refractivity contribution in [2.24, 2.45) is 5.92 Å². The number of hydrogen-bond donors (Lipinski definition) is 1. The largest absolute Gasteiger partial charge is 0.408 e. The molecule has 1 aromatic rings. The molecule has 0 saturated carbocycles. The highest BCUT2D eigenvalue weighted by atomic mass is 28.4. The minimum Gasteiger partial charge on any atom is -0.408 e. The lowest BCUT2D eigenvalue weighted by molar-refractivity contribution is -0.303. The van der Waals surface area contributed by atoms with Crippen LogP contribution in [0.15, 0.2) is 30.3 Å². The van der Waals surface area contributed by atoms with Crippen LogP contribution in [0.3, 0.4) is 0 Å². The van der Waals surface area contributed by atoms with Crippen LogP contribution in [0.4, 0.5) is 0 Å². The molecule has 2 rings (SSSR count). The average Bonchev–Trinajstić information content (AvgIpc) is 2.68. The molecule has 1 aromatic carbocycles. The van der Waals surface area contributed by atoms with Gasteiger partial charge in [-0.05, 0) is 43.5 Å². The molecule has 0 radical (unpaired) electrons. The molecule has 1 aliphatic rings. The molecule has 1 N–H and O–H groups in total. The van der Waals surface area contributed by atoms with Crippen LogP contribution in [0.1, 0.15) is 54.0 Å². The lowest BCUT2D eigenvalue weighted by Crippen LogP contribution is -2.62. The zero-order valence-electron chi connectivity index (χ0n) is 21.2. The van der Waals surface area contributed by atoms with E-state index in [4.69, 9.17) is 18.6 Å². The fourth-order valence-electron chi connectivity index (χ4n) is 3.37. The summed E-state index contributed by atoms with van der Waals surface area (Å²) in [4.78, 5) is 13.4. The van der Waals surface area contributed by atoms with Crippen LogP contribution < -0.4 is 0 Å². The van der Waals surface area contributed by atoms with Crippen LogP contribution >= 0.6 is 0 Å². The van der Waals surface area contributed by atoms with E-state index < -0.39 is 38.5 Å². The molecule has 4 atom stereocenters. The smallest absolute Gasteiger partial charge is 0.195 e. The Morgan fingerprint density at radius 1 is 1.09 bits per heavy atom. The van der Waals surface area contributed by atoms with Crippen LogP contribution in [0, 0.1) is 5.92 Å². The van der Waals surface area contributed by atoms with Crippen molar-refractivity contribution in [3.8, 4) is 0 Å². The molecule has 0 amide bonds. The monoisotopic (exact) mass is 466 g/mol. The number of Topliss-reactive ketones (excluding diaryl/α,β-unsaturated/α-hetero) is 1. The van der Waals surface area contributed by atoms with Crippen LogP contribution in [-0.4, -0.2) is 56.0 Å². The van der Waals surface area contributed by atoms with Gasteiger partial charge in [0.15, 0.2) is 19.9 Å². The first-order chi connectivity index (χ1) is 14.6. The summed E-state index contributed by atoms with van der Waals surface area (Å²) in [5, 5.41) is 10.6. The Balaban J connectivity index is 2.29. The summed E-state index contributed by atoms with van der Waals surface area (Å²) in [5.41, 5.74) is 1.05. The van der Waals surface area contributed by atoms with Gasteiger partial charge in [-0.15, -0.1) is 0 Å². The predicted molar refractivity (Wildman–Crippen MR) is 128 cm³/mol. The first kappa shape index (κ1) is 27.2. The third-order valence-electron chi connectivity index (χ3n) is 6.36. The van der Waals surface area contributed by atoms with E-state index in [1.165, 1.54) is 0 Å². The molecule has 0 aliphatic carbocycles. The van der Waals surface area contributed by atoms with Crippen molar-refractivity contribution in [2.45, 2.75) is 103 Å². The molecule has 1 heterocycles. The van der Waals surface area contributed by atoms with E-state index >= 15 is 0 Å². The summed E-state index contributed by atoms with van der Waals surface area (Å²) >= 11 is 0. The van der Waals surface area contributed by atoms with Gasteiger partial charge in [0.05, 0.1) is 19.3 Å². The average molecular weight is 467 g/mol. The molecule has 0 aromatic heterocycles. The van der Waals surface area contributed by atoms with Crippen molar-refractivity contribution in [2.75, 3.05) is 6.61 Å². The summed E-state index contributed by atoms with van der Waals surface area (Å²) in [6, 6.07) is 9.89. The molecule has 0 spiro atoms. The van der Waals surface area contributed by atoms with Crippen molar-refractivity contribution in [3.63, 3.8) is 0 Å². The van der Waals surface area contributed by atoms with E-state index in [0.717, 1.165) is 5.56 Å². The summed E-state index contributed by atoms with van der Waals surface area (Å²) in [5.74, 6) is -1.46. The number of aliphatic hydroxyl groups is 1. The Morgan fingerprint density at radius 2 is 1.66 bits per heavy atom. The molecule has 182 valence electrons. The Kier molecular flexibility index (Phi) is 8.87. The Bertz CT molecular complexity index is 741. The maximum atomic E-state index is 13.4. The summed E-state index contributed by atoms with van der Waals surface area (Å²) < 4.78 is 24.6. The number of ketones is 1. The second-order valence-electron chi connectivity index (χ2n) is 11.0. The van der Waals surface area contributed by atoms with Crippen molar-refractivity contribution in [3.05, 3.63) is 35.9 Å². The SMILES string of the molecule is CC(C)[C@@H](O)[C@H]1OC(C)(C)O[C@H]([C@@H](COCc2ccccc2)O[Si](C)(C)C(C)(C)C)C1=O. The molecule has 0 unspecified atom stereocenters. The fourth-order valence-corrected chi connectivity index (χ4v) is 4.67. The molecule has 1 fully saturated rings. The van der Waals surface area contributed by atoms with Crippen molar-refractivity contribution in [1.29, 1.82) is 0 Å². The molecule has 0 bridgehead atoms. The number of hydrogen-bond acceptors (Lipinski definition) is 6. The van der Waals surface area contributed by atoms with Crippen LogP contribution in [0.25, 0.3) is 0 Å². The predicted octanol–water partition coefficient (Wildman–Crippen LogP) is 4.70. The number of ether oxygens (including phenoxy) is 3. The Morgan fingerprint density at radius 3 is 2.19 bits per heavy atom. The number of aliphatic hydroxyl groups excluding tert-OH is 1. The van der Waals surface area contributed by atoms with Crippen LogP contribution in [-0.2, 0) is 30.0 Å². The Hall–Kier alpha value is -1.09. The van der Waals surface area contributed by atoms with Gasteiger partial charge in [0.1, 0.15) is 18.3 Å². The second-order valence-corrected chi connectivity index (χ2v) is 15.8. The molecular formula is C25H42O6Si.